The largest absolute Gasteiger partial charge is 0.507 e. The summed E-state index contributed by atoms with van der Waals surface area (Å²) in [6.07, 6.45) is 5.19. The van der Waals surface area contributed by atoms with Crippen molar-refractivity contribution in [2.75, 3.05) is 39.6 Å². The standard InChI is InChI=1S/C34H52O8/c1-23-19-25(21-27(31(23)37)33(3,4)5)9-11-29(35)41-17-15-39-13-14-40-16-18-42-30(36)12-10-26-20-24(2)32(38)28(22-26)34(6,7)8/h19-23,31,37-38H,9-18H2,1-8H3/t23?,31-/m0/s1. The number of hydrogen-bond donors (Lipinski definition) is 2. The number of phenolic OH excluding ortho intramolecular Hbond substituents is 1. The number of aromatic hydroxyl groups is 1. The van der Waals surface area contributed by atoms with Gasteiger partial charge in [-0.15, -0.1) is 0 Å². The zero-order chi connectivity index (χ0) is 31.5. The van der Waals surface area contributed by atoms with E-state index in [4.69, 9.17) is 18.9 Å². The van der Waals surface area contributed by atoms with Crippen molar-refractivity contribution in [3.05, 3.63) is 52.1 Å². The van der Waals surface area contributed by atoms with Gasteiger partial charge in [0.05, 0.1) is 32.5 Å². The Kier molecular flexibility index (Phi) is 13.7. The zero-order valence-electron chi connectivity index (χ0n) is 26.9. The second kappa shape index (κ2) is 16.2. The summed E-state index contributed by atoms with van der Waals surface area (Å²) in [5.41, 5.74) is 4.39. The maximum Gasteiger partial charge on any atom is 0.306 e. The molecule has 0 aromatic heterocycles. The highest BCUT2D eigenvalue weighted by Gasteiger charge is 2.30. The first-order valence-electron chi connectivity index (χ1n) is 15.0. The monoisotopic (exact) mass is 588 g/mol. The van der Waals surface area contributed by atoms with E-state index in [0.717, 1.165) is 27.8 Å². The smallest absolute Gasteiger partial charge is 0.306 e. The lowest BCUT2D eigenvalue weighted by molar-refractivity contribution is -0.146. The zero-order valence-corrected chi connectivity index (χ0v) is 26.9. The lowest BCUT2D eigenvalue weighted by Crippen LogP contribution is -2.29. The van der Waals surface area contributed by atoms with Crippen LogP contribution in [0.25, 0.3) is 0 Å². The van der Waals surface area contributed by atoms with E-state index in [-0.39, 0.29) is 68.0 Å². The number of ether oxygens (including phenoxy) is 4. The molecule has 1 unspecified atom stereocenters. The molecule has 0 heterocycles. The first kappa shape index (κ1) is 35.5. The van der Waals surface area contributed by atoms with Crippen molar-refractivity contribution in [1.82, 2.24) is 0 Å². The van der Waals surface area contributed by atoms with Gasteiger partial charge in [0, 0.05) is 18.8 Å². The molecule has 0 spiro atoms. The lowest BCUT2D eigenvalue weighted by atomic mass is 9.75. The summed E-state index contributed by atoms with van der Waals surface area (Å²) < 4.78 is 21.4. The summed E-state index contributed by atoms with van der Waals surface area (Å²) >= 11 is 0. The van der Waals surface area contributed by atoms with Gasteiger partial charge in [-0.1, -0.05) is 78.3 Å². The van der Waals surface area contributed by atoms with E-state index in [9.17, 15) is 19.8 Å². The maximum absolute atomic E-state index is 12.1. The van der Waals surface area contributed by atoms with Crippen molar-refractivity contribution in [2.45, 2.75) is 92.6 Å². The van der Waals surface area contributed by atoms with Crippen molar-refractivity contribution in [2.24, 2.45) is 11.3 Å². The van der Waals surface area contributed by atoms with E-state index in [1.807, 2.05) is 58.9 Å². The molecular weight excluding hydrogens is 536 g/mol. The molecule has 42 heavy (non-hydrogen) atoms. The van der Waals surface area contributed by atoms with Crippen LogP contribution in [-0.2, 0) is 40.4 Å². The number of rotatable bonds is 15. The molecule has 1 aromatic carbocycles. The number of allylic oxidation sites excluding steroid dienone is 2. The van der Waals surface area contributed by atoms with Crippen LogP contribution in [0, 0.1) is 18.3 Å². The lowest BCUT2D eigenvalue weighted by Gasteiger charge is -2.33. The molecule has 0 fully saturated rings. The van der Waals surface area contributed by atoms with Gasteiger partial charge in [0.15, 0.2) is 0 Å². The molecule has 1 aromatic rings. The van der Waals surface area contributed by atoms with Crippen LogP contribution in [0.4, 0.5) is 0 Å². The fraction of sp³-hybridized carbons (Fsp3) is 0.647. The Hall–Kier alpha value is -2.68. The van der Waals surface area contributed by atoms with Gasteiger partial charge >= 0.3 is 11.9 Å². The fourth-order valence-corrected chi connectivity index (χ4v) is 4.82. The van der Waals surface area contributed by atoms with Crippen LogP contribution >= 0.6 is 0 Å². The van der Waals surface area contributed by atoms with Crippen LogP contribution in [0.15, 0.2) is 35.4 Å². The van der Waals surface area contributed by atoms with Crippen LogP contribution in [-0.4, -0.2) is 67.9 Å². The minimum atomic E-state index is -0.494. The second-order valence-electron chi connectivity index (χ2n) is 13.1. The molecular formula is C34H52O8. The van der Waals surface area contributed by atoms with Gasteiger partial charge in [-0.2, -0.15) is 0 Å². The van der Waals surface area contributed by atoms with Crippen molar-refractivity contribution >= 4 is 11.9 Å². The van der Waals surface area contributed by atoms with Crippen molar-refractivity contribution in [1.29, 1.82) is 0 Å². The third-order valence-corrected chi connectivity index (χ3v) is 7.26. The number of benzene rings is 1. The van der Waals surface area contributed by atoms with Crippen LogP contribution in [0.3, 0.4) is 0 Å². The van der Waals surface area contributed by atoms with Gasteiger partial charge in [-0.25, -0.2) is 0 Å². The van der Waals surface area contributed by atoms with E-state index in [1.165, 1.54) is 0 Å². The highest BCUT2D eigenvalue weighted by atomic mass is 16.6. The average Bonchev–Trinajstić information content (AvgIpc) is 2.89. The highest BCUT2D eigenvalue weighted by Crippen LogP contribution is 2.37. The number of carbonyl (C=O) groups excluding carboxylic acids is 2. The van der Waals surface area contributed by atoms with Gasteiger partial charge in [-0.05, 0) is 52.9 Å². The molecule has 2 rings (SSSR count). The van der Waals surface area contributed by atoms with Gasteiger partial charge in [-0.3, -0.25) is 9.59 Å². The number of aliphatic hydroxyl groups is 1. The van der Waals surface area contributed by atoms with Crippen molar-refractivity contribution in [3.8, 4) is 5.75 Å². The number of hydrogen-bond acceptors (Lipinski definition) is 8. The van der Waals surface area contributed by atoms with Gasteiger partial charge in [0.25, 0.3) is 0 Å². The van der Waals surface area contributed by atoms with Gasteiger partial charge in [0.2, 0.25) is 0 Å². The van der Waals surface area contributed by atoms with Crippen LogP contribution in [0.1, 0.15) is 84.4 Å². The topological polar surface area (TPSA) is 112 Å². The van der Waals surface area contributed by atoms with E-state index in [1.54, 1.807) is 0 Å². The van der Waals surface area contributed by atoms with E-state index < -0.39 is 6.10 Å². The van der Waals surface area contributed by atoms with E-state index in [0.29, 0.717) is 31.8 Å². The molecule has 2 N–H and O–H groups in total. The molecule has 0 aliphatic heterocycles. The number of aryl methyl sites for hydroxylation is 2. The molecule has 236 valence electrons. The summed E-state index contributed by atoms with van der Waals surface area (Å²) in [6, 6.07) is 3.87. The molecule has 1 aliphatic carbocycles. The van der Waals surface area contributed by atoms with Crippen molar-refractivity contribution in [3.63, 3.8) is 0 Å². The molecule has 0 saturated heterocycles. The SMILES string of the molecule is Cc1cc(CCC(=O)OCCOCCOCCOC(=O)CCC2=CC(C)[C@H](O)C(C(C)(C)C)=C2)cc(C(C)(C)C)c1O. The molecule has 0 saturated carbocycles. The fourth-order valence-electron chi connectivity index (χ4n) is 4.82. The molecule has 0 radical (unpaired) electrons. The summed E-state index contributed by atoms with van der Waals surface area (Å²) in [6.45, 7) is 17.8. The molecule has 0 amide bonds. The Morgan fingerprint density at radius 2 is 1.33 bits per heavy atom. The predicted molar refractivity (Wildman–Crippen MR) is 163 cm³/mol. The molecule has 8 heteroatoms. The minimum Gasteiger partial charge on any atom is -0.507 e. The molecule has 1 aliphatic rings. The first-order valence-corrected chi connectivity index (χ1v) is 15.0. The van der Waals surface area contributed by atoms with Crippen LogP contribution in [0.2, 0.25) is 0 Å². The summed E-state index contributed by atoms with van der Waals surface area (Å²) in [7, 11) is 0. The van der Waals surface area contributed by atoms with Crippen LogP contribution in [0.5, 0.6) is 5.75 Å². The average molecular weight is 589 g/mol. The third kappa shape index (κ3) is 11.9. The quantitative estimate of drug-likeness (QED) is 0.197. The number of esters is 2. The Morgan fingerprint density at radius 3 is 1.86 bits per heavy atom. The summed E-state index contributed by atoms with van der Waals surface area (Å²) in [4.78, 5) is 24.3. The highest BCUT2D eigenvalue weighted by molar-refractivity contribution is 5.70. The molecule has 0 bridgehead atoms. The van der Waals surface area contributed by atoms with Crippen LogP contribution < -0.4 is 0 Å². The Bertz CT molecular complexity index is 1100. The number of aliphatic hydroxyl groups excluding tert-OH is 1. The maximum atomic E-state index is 12.1. The summed E-state index contributed by atoms with van der Waals surface area (Å²) in [5, 5.41) is 20.8. The second-order valence-corrected chi connectivity index (χ2v) is 13.1. The van der Waals surface area contributed by atoms with Gasteiger partial charge in [0.1, 0.15) is 19.0 Å². The van der Waals surface area contributed by atoms with Gasteiger partial charge < -0.3 is 29.2 Å². The van der Waals surface area contributed by atoms with E-state index >= 15 is 0 Å². The van der Waals surface area contributed by atoms with Crippen molar-refractivity contribution < 1.29 is 38.7 Å². The Labute approximate surface area is 252 Å². The molecule has 8 nitrogen and oxygen atoms in total. The minimum absolute atomic E-state index is 0.0148. The normalized spacial score (nSPS) is 17.5. The Balaban J connectivity index is 1.52. The predicted octanol–water partition coefficient (Wildman–Crippen LogP) is 5.74. The molecule has 2 atom stereocenters. The number of carbonyl (C=O) groups is 2. The van der Waals surface area contributed by atoms with E-state index in [2.05, 4.69) is 20.8 Å². The Morgan fingerprint density at radius 1 is 0.810 bits per heavy atom. The third-order valence-electron chi connectivity index (χ3n) is 7.26. The summed E-state index contributed by atoms with van der Waals surface area (Å²) in [5.74, 6) is -0.250. The number of phenols is 1. The first-order chi connectivity index (χ1) is 19.6.